The standard InChI is InChI=1S/C42H45FN6O5/c1-25-8-9-29(39-26(2)47-54-27(39)3)20-38(25)49(33-12-10-31(11-13-33)42(24-44)14-15-42)22-28-17-32(18-28)46-36-21-34(30(23-51)19-35(36)43)41(53)48(5)37(7-6-16-50)40(52)45-4/h8-13,16,19-21,23,28,32,37,46H,6-7,14-15,17-18,22H2,1-5H3,(H,45,52). The lowest BCUT2D eigenvalue weighted by atomic mass is 9.79. The van der Waals surface area contributed by atoms with E-state index in [0.717, 1.165) is 76.8 Å². The van der Waals surface area contributed by atoms with Gasteiger partial charge in [0.2, 0.25) is 5.91 Å². The maximum atomic E-state index is 15.4. The molecular formula is C42H45FN6O5. The highest BCUT2D eigenvalue weighted by Crippen LogP contribution is 2.48. The third-order valence-corrected chi connectivity index (χ3v) is 10.9. The number of anilines is 3. The molecule has 1 heterocycles. The molecule has 0 spiro atoms. The maximum absolute atomic E-state index is 15.4. The van der Waals surface area contributed by atoms with Crippen LogP contribution in [0.1, 0.15) is 81.8 Å². The van der Waals surface area contributed by atoms with Crippen molar-refractivity contribution in [3.63, 3.8) is 0 Å². The van der Waals surface area contributed by atoms with Crippen molar-refractivity contribution < 1.29 is 28.1 Å². The van der Waals surface area contributed by atoms with Crippen LogP contribution in [-0.4, -0.2) is 67.2 Å². The molecule has 0 bridgehead atoms. The molecule has 6 rings (SSSR count). The fraction of sp³-hybridized carbons (Fsp3) is 0.381. The molecule has 2 amide bonds. The van der Waals surface area contributed by atoms with Crippen LogP contribution < -0.4 is 15.5 Å². The number of aldehydes is 2. The van der Waals surface area contributed by atoms with Gasteiger partial charge in [-0.3, -0.25) is 14.4 Å². The van der Waals surface area contributed by atoms with Crippen LogP contribution in [0.3, 0.4) is 0 Å². The zero-order valence-corrected chi connectivity index (χ0v) is 31.2. The number of carbonyl (C=O) groups is 4. The van der Waals surface area contributed by atoms with Crippen LogP contribution in [0, 0.1) is 43.8 Å². The summed E-state index contributed by atoms with van der Waals surface area (Å²) in [7, 11) is 2.86. The summed E-state index contributed by atoms with van der Waals surface area (Å²) in [6.07, 6.45) is 4.42. The molecule has 2 fully saturated rings. The van der Waals surface area contributed by atoms with Crippen molar-refractivity contribution >= 4 is 41.4 Å². The van der Waals surface area contributed by atoms with Gasteiger partial charge in [0.25, 0.3) is 5.91 Å². The molecule has 4 aromatic rings. The topological polar surface area (TPSA) is 149 Å². The van der Waals surface area contributed by atoms with Gasteiger partial charge in [-0.05, 0) is 106 Å². The average Bonchev–Trinajstić information content (AvgIpc) is 3.90. The molecule has 1 atom stereocenters. The molecule has 0 saturated heterocycles. The smallest absolute Gasteiger partial charge is 0.255 e. The number of hydrogen-bond donors (Lipinski definition) is 2. The van der Waals surface area contributed by atoms with Gasteiger partial charge in [-0.1, -0.05) is 29.4 Å². The molecule has 280 valence electrons. The SMILES string of the molecule is CNC(=O)C(CCC=O)N(C)C(=O)c1cc(NC2CC(CN(c3ccc(C4(C#N)CC4)cc3)c3cc(-c4c(C)noc4C)ccc3C)C2)c(F)cc1C=O. The van der Waals surface area contributed by atoms with Gasteiger partial charge in [-0.2, -0.15) is 5.26 Å². The highest BCUT2D eigenvalue weighted by molar-refractivity contribution is 6.04. The lowest BCUT2D eigenvalue weighted by Gasteiger charge is -2.40. The molecule has 11 nitrogen and oxygen atoms in total. The van der Waals surface area contributed by atoms with Crippen molar-refractivity contribution in [1.29, 1.82) is 5.26 Å². The summed E-state index contributed by atoms with van der Waals surface area (Å²) in [4.78, 5) is 52.6. The summed E-state index contributed by atoms with van der Waals surface area (Å²) in [5, 5.41) is 19.7. The number of halogens is 1. The van der Waals surface area contributed by atoms with Gasteiger partial charge in [-0.25, -0.2) is 4.39 Å². The number of nitriles is 1. The summed E-state index contributed by atoms with van der Waals surface area (Å²) in [6.45, 7) is 6.58. The van der Waals surface area contributed by atoms with E-state index in [1.165, 1.54) is 25.1 Å². The summed E-state index contributed by atoms with van der Waals surface area (Å²) in [5.41, 5.74) is 6.43. The Bertz CT molecular complexity index is 2090. The van der Waals surface area contributed by atoms with Crippen LogP contribution in [-0.2, 0) is 15.0 Å². The van der Waals surface area contributed by atoms with E-state index in [-0.39, 0.29) is 41.6 Å². The molecule has 1 aromatic heterocycles. The monoisotopic (exact) mass is 732 g/mol. The number of hydrogen-bond acceptors (Lipinski definition) is 9. The van der Waals surface area contributed by atoms with Crippen molar-refractivity contribution in [2.75, 3.05) is 30.9 Å². The molecule has 2 aliphatic carbocycles. The van der Waals surface area contributed by atoms with Crippen LogP contribution in [0.25, 0.3) is 11.1 Å². The number of likely N-dealkylation sites (N-methyl/N-ethyl adjacent to an activating group) is 2. The molecule has 2 N–H and O–H groups in total. The summed E-state index contributed by atoms with van der Waals surface area (Å²) < 4.78 is 20.9. The number of aryl methyl sites for hydroxylation is 3. The molecule has 12 heteroatoms. The minimum Gasteiger partial charge on any atom is -0.380 e. The highest BCUT2D eigenvalue weighted by atomic mass is 19.1. The Kier molecular flexibility index (Phi) is 11.0. The van der Waals surface area contributed by atoms with E-state index in [2.05, 4.69) is 76.1 Å². The Morgan fingerprint density at radius 1 is 1.09 bits per heavy atom. The molecule has 2 saturated carbocycles. The fourth-order valence-corrected chi connectivity index (χ4v) is 7.53. The lowest BCUT2D eigenvalue weighted by molar-refractivity contribution is -0.125. The third kappa shape index (κ3) is 7.49. The number of carbonyl (C=O) groups excluding carboxylic acids is 4. The van der Waals surface area contributed by atoms with E-state index in [0.29, 0.717) is 19.1 Å². The Balaban J connectivity index is 1.23. The van der Waals surface area contributed by atoms with Crippen LogP contribution in [0.2, 0.25) is 0 Å². The van der Waals surface area contributed by atoms with E-state index in [1.54, 1.807) is 0 Å². The van der Waals surface area contributed by atoms with Gasteiger partial charge in [0.05, 0.1) is 28.4 Å². The summed E-state index contributed by atoms with van der Waals surface area (Å²) >= 11 is 0. The minimum absolute atomic E-state index is 0.0417. The van der Waals surface area contributed by atoms with Gasteiger partial charge < -0.3 is 29.8 Å². The molecule has 1 unspecified atom stereocenters. The third-order valence-electron chi connectivity index (χ3n) is 10.9. The van der Waals surface area contributed by atoms with Crippen LogP contribution in [0.4, 0.5) is 21.5 Å². The quantitative estimate of drug-likeness (QED) is 0.124. The second-order valence-electron chi connectivity index (χ2n) is 14.6. The Hall–Kier alpha value is -5.83. The van der Waals surface area contributed by atoms with Crippen molar-refractivity contribution in [3.05, 3.63) is 94.1 Å². The lowest BCUT2D eigenvalue weighted by Crippen LogP contribution is -2.47. The van der Waals surface area contributed by atoms with Gasteiger partial charge in [0.15, 0.2) is 6.29 Å². The number of amides is 2. The highest BCUT2D eigenvalue weighted by Gasteiger charge is 2.45. The predicted octanol–water partition coefficient (Wildman–Crippen LogP) is 6.97. The number of nitrogens with one attached hydrogen (secondary N) is 2. The Morgan fingerprint density at radius 2 is 1.81 bits per heavy atom. The Morgan fingerprint density at radius 3 is 2.41 bits per heavy atom. The molecule has 54 heavy (non-hydrogen) atoms. The number of benzene rings is 3. The summed E-state index contributed by atoms with van der Waals surface area (Å²) in [5.74, 6) is -0.779. The molecule has 0 radical (unpaired) electrons. The average molecular weight is 733 g/mol. The van der Waals surface area contributed by atoms with E-state index < -0.39 is 29.1 Å². The molecule has 3 aromatic carbocycles. The van der Waals surface area contributed by atoms with E-state index >= 15 is 4.39 Å². The van der Waals surface area contributed by atoms with Crippen LogP contribution in [0.5, 0.6) is 0 Å². The molecule has 0 aliphatic heterocycles. The van der Waals surface area contributed by atoms with E-state index in [1.807, 2.05) is 13.8 Å². The summed E-state index contributed by atoms with van der Waals surface area (Å²) in [6, 6.07) is 18.4. The van der Waals surface area contributed by atoms with E-state index in [4.69, 9.17) is 4.52 Å². The van der Waals surface area contributed by atoms with Crippen molar-refractivity contribution in [3.8, 4) is 17.2 Å². The zero-order chi connectivity index (χ0) is 38.7. The van der Waals surface area contributed by atoms with Gasteiger partial charge in [0, 0.05) is 55.6 Å². The number of aromatic nitrogens is 1. The van der Waals surface area contributed by atoms with Crippen molar-refractivity contribution in [2.45, 2.75) is 76.8 Å². The first-order valence-electron chi connectivity index (χ1n) is 18.2. The van der Waals surface area contributed by atoms with Gasteiger partial charge in [-0.15, -0.1) is 0 Å². The first-order chi connectivity index (χ1) is 25.9. The van der Waals surface area contributed by atoms with Crippen LogP contribution >= 0.6 is 0 Å². The largest absolute Gasteiger partial charge is 0.380 e. The minimum atomic E-state index is -0.949. The maximum Gasteiger partial charge on any atom is 0.255 e. The van der Waals surface area contributed by atoms with Crippen LogP contribution in [0.15, 0.2) is 59.1 Å². The predicted molar refractivity (Wildman–Crippen MR) is 203 cm³/mol. The van der Waals surface area contributed by atoms with Gasteiger partial charge >= 0.3 is 0 Å². The van der Waals surface area contributed by atoms with Crippen molar-refractivity contribution in [1.82, 2.24) is 15.4 Å². The molecular weight excluding hydrogens is 687 g/mol. The fourth-order valence-electron chi connectivity index (χ4n) is 7.53. The second kappa shape index (κ2) is 15.6. The normalized spacial score (nSPS) is 17.4. The first kappa shape index (κ1) is 37.9. The number of nitrogens with zero attached hydrogens (tertiary/aromatic N) is 4. The Labute approximate surface area is 314 Å². The van der Waals surface area contributed by atoms with Gasteiger partial charge in [0.1, 0.15) is 23.9 Å². The van der Waals surface area contributed by atoms with Crippen molar-refractivity contribution in [2.24, 2.45) is 5.92 Å². The number of rotatable bonds is 15. The van der Waals surface area contributed by atoms with E-state index in [9.17, 15) is 24.4 Å². The second-order valence-corrected chi connectivity index (χ2v) is 14.6. The first-order valence-corrected chi connectivity index (χ1v) is 18.2. The molecule has 2 aliphatic rings. The zero-order valence-electron chi connectivity index (χ0n) is 31.2.